The first-order valence-electron chi connectivity index (χ1n) is 6.61. The molecule has 1 fully saturated rings. The van der Waals surface area contributed by atoms with Gasteiger partial charge in [0.15, 0.2) is 0 Å². The lowest BCUT2D eigenvalue weighted by molar-refractivity contribution is -0.141. The Morgan fingerprint density at radius 3 is 2.63 bits per heavy atom. The largest absolute Gasteiger partial charge is 0.480 e. The molecule has 1 saturated carbocycles. The molecule has 1 atom stereocenters. The van der Waals surface area contributed by atoms with Crippen molar-refractivity contribution in [3.05, 3.63) is 18.0 Å². The highest BCUT2D eigenvalue weighted by Crippen LogP contribution is 2.26. The van der Waals surface area contributed by atoms with Crippen LogP contribution in [0.3, 0.4) is 0 Å². The Bertz CT molecular complexity index is 463. The second-order valence-electron chi connectivity index (χ2n) is 5.06. The number of nitrogens with zero attached hydrogens (tertiary/aromatic N) is 2. The molecule has 1 heterocycles. The molecule has 0 radical (unpaired) electrons. The molecule has 19 heavy (non-hydrogen) atoms. The first-order chi connectivity index (χ1) is 9.08. The zero-order chi connectivity index (χ0) is 13.8. The third-order valence-electron chi connectivity index (χ3n) is 3.62. The molecule has 2 N–H and O–H groups in total. The number of nitrogens with one attached hydrogen (secondary N) is 1. The Morgan fingerprint density at radius 1 is 1.42 bits per heavy atom. The van der Waals surface area contributed by atoms with Crippen LogP contribution in [0.5, 0.6) is 0 Å². The van der Waals surface area contributed by atoms with E-state index in [2.05, 4.69) is 10.4 Å². The molecule has 0 aliphatic heterocycles. The Labute approximate surface area is 111 Å². The number of carbonyl (C=O) groups is 2. The van der Waals surface area contributed by atoms with Gasteiger partial charge in [0, 0.05) is 13.2 Å². The van der Waals surface area contributed by atoms with Crippen molar-refractivity contribution in [3.8, 4) is 0 Å². The van der Waals surface area contributed by atoms with Gasteiger partial charge in [-0.25, -0.2) is 4.79 Å². The number of carboxylic acids is 1. The molecule has 6 nitrogen and oxygen atoms in total. The summed E-state index contributed by atoms with van der Waals surface area (Å²) in [6.45, 7) is 0. The van der Waals surface area contributed by atoms with E-state index in [4.69, 9.17) is 0 Å². The van der Waals surface area contributed by atoms with Crippen molar-refractivity contribution in [2.45, 2.75) is 38.1 Å². The number of hydrogen-bond donors (Lipinski definition) is 2. The molecule has 2 rings (SSSR count). The van der Waals surface area contributed by atoms with Crippen LogP contribution >= 0.6 is 0 Å². The van der Waals surface area contributed by atoms with Gasteiger partial charge in [-0.15, -0.1) is 0 Å². The minimum atomic E-state index is -0.962. The van der Waals surface area contributed by atoms with Gasteiger partial charge in [0.05, 0.1) is 0 Å². The smallest absolute Gasteiger partial charge is 0.326 e. The van der Waals surface area contributed by atoms with Gasteiger partial charge in [-0.2, -0.15) is 5.10 Å². The minimum absolute atomic E-state index is 0.0268. The van der Waals surface area contributed by atoms with E-state index in [0.717, 1.165) is 32.1 Å². The summed E-state index contributed by atoms with van der Waals surface area (Å²) < 4.78 is 1.52. The molecule has 104 valence electrons. The molecule has 1 aliphatic carbocycles. The maximum absolute atomic E-state index is 12.0. The fourth-order valence-corrected chi connectivity index (χ4v) is 2.60. The van der Waals surface area contributed by atoms with Crippen LogP contribution in [0.4, 0.5) is 0 Å². The highest BCUT2D eigenvalue weighted by molar-refractivity contribution is 5.94. The Morgan fingerprint density at radius 2 is 2.11 bits per heavy atom. The molecule has 1 aromatic heterocycles. The van der Waals surface area contributed by atoms with Gasteiger partial charge < -0.3 is 10.4 Å². The SMILES string of the molecule is Cn1ccc(C(=O)NC(C(=O)O)C2CCCCC2)n1. The van der Waals surface area contributed by atoms with E-state index in [1.165, 1.54) is 4.68 Å². The van der Waals surface area contributed by atoms with Gasteiger partial charge in [0.2, 0.25) is 0 Å². The summed E-state index contributed by atoms with van der Waals surface area (Å²) in [4.78, 5) is 23.3. The van der Waals surface area contributed by atoms with Gasteiger partial charge in [0.1, 0.15) is 11.7 Å². The number of aliphatic carboxylic acids is 1. The fourth-order valence-electron chi connectivity index (χ4n) is 2.60. The standard InChI is InChI=1S/C13H19N3O3/c1-16-8-7-10(15-16)12(17)14-11(13(18)19)9-5-3-2-4-6-9/h7-9,11H,2-6H2,1H3,(H,14,17)(H,18,19). The number of rotatable bonds is 4. The third-order valence-corrected chi connectivity index (χ3v) is 3.62. The Balaban J connectivity index is 2.04. The lowest BCUT2D eigenvalue weighted by Gasteiger charge is -2.27. The maximum atomic E-state index is 12.0. The normalized spacial score (nSPS) is 17.9. The van der Waals surface area contributed by atoms with Crippen molar-refractivity contribution in [1.29, 1.82) is 0 Å². The van der Waals surface area contributed by atoms with Crippen molar-refractivity contribution in [2.24, 2.45) is 13.0 Å². The average molecular weight is 265 g/mol. The van der Waals surface area contributed by atoms with E-state index in [9.17, 15) is 14.7 Å². The summed E-state index contributed by atoms with van der Waals surface area (Å²) in [7, 11) is 1.71. The predicted molar refractivity (Wildman–Crippen MR) is 68.7 cm³/mol. The molecular weight excluding hydrogens is 246 g/mol. The van der Waals surface area contributed by atoms with Crippen LogP contribution in [0, 0.1) is 5.92 Å². The Hall–Kier alpha value is -1.85. The molecule has 1 amide bonds. The van der Waals surface area contributed by atoms with E-state index < -0.39 is 17.9 Å². The van der Waals surface area contributed by atoms with Gasteiger partial charge in [-0.05, 0) is 24.8 Å². The molecule has 1 unspecified atom stereocenters. The van der Waals surface area contributed by atoms with Crippen LogP contribution in [-0.2, 0) is 11.8 Å². The van der Waals surface area contributed by atoms with Crippen LogP contribution in [-0.4, -0.2) is 32.8 Å². The molecule has 0 aromatic carbocycles. The quantitative estimate of drug-likeness (QED) is 0.856. The molecule has 1 aliphatic rings. The number of aryl methyl sites for hydroxylation is 1. The van der Waals surface area contributed by atoms with Crippen LogP contribution in [0.15, 0.2) is 12.3 Å². The zero-order valence-electron chi connectivity index (χ0n) is 11.0. The van der Waals surface area contributed by atoms with E-state index in [1.54, 1.807) is 19.3 Å². The van der Waals surface area contributed by atoms with Crippen LogP contribution < -0.4 is 5.32 Å². The summed E-state index contributed by atoms with van der Waals surface area (Å²) >= 11 is 0. The lowest BCUT2D eigenvalue weighted by atomic mass is 9.84. The maximum Gasteiger partial charge on any atom is 0.326 e. The van der Waals surface area contributed by atoms with Gasteiger partial charge in [-0.1, -0.05) is 19.3 Å². The van der Waals surface area contributed by atoms with Crippen molar-refractivity contribution in [3.63, 3.8) is 0 Å². The van der Waals surface area contributed by atoms with Gasteiger partial charge >= 0.3 is 5.97 Å². The Kier molecular flexibility index (Phi) is 4.19. The van der Waals surface area contributed by atoms with Crippen molar-refractivity contribution in [1.82, 2.24) is 15.1 Å². The fraction of sp³-hybridized carbons (Fsp3) is 0.615. The highest BCUT2D eigenvalue weighted by atomic mass is 16.4. The summed E-state index contributed by atoms with van der Waals surface area (Å²) in [5.74, 6) is -1.35. The minimum Gasteiger partial charge on any atom is -0.480 e. The third kappa shape index (κ3) is 3.33. The van der Waals surface area contributed by atoms with Gasteiger partial charge in [0.25, 0.3) is 5.91 Å². The predicted octanol–water partition coefficient (Wildman–Crippen LogP) is 1.18. The van der Waals surface area contributed by atoms with Gasteiger partial charge in [-0.3, -0.25) is 9.48 Å². The molecule has 0 bridgehead atoms. The summed E-state index contributed by atoms with van der Waals surface area (Å²) in [6.07, 6.45) is 6.60. The van der Waals surface area contributed by atoms with E-state index >= 15 is 0 Å². The summed E-state index contributed by atoms with van der Waals surface area (Å²) in [6, 6.07) is 0.768. The van der Waals surface area contributed by atoms with E-state index in [0.29, 0.717) is 0 Å². The lowest BCUT2D eigenvalue weighted by Crippen LogP contribution is -2.46. The second kappa shape index (κ2) is 5.86. The molecular formula is C13H19N3O3. The molecule has 6 heteroatoms. The van der Waals surface area contributed by atoms with Crippen LogP contribution in [0.2, 0.25) is 0 Å². The molecule has 0 spiro atoms. The highest BCUT2D eigenvalue weighted by Gasteiger charge is 2.31. The zero-order valence-corrected chi connectivity index (χ0v) is 11.0. The van der Waals surface area contributed by atoms with Crippen LogP contribution in [0.1, 0.15) is 42.6 Å². The number of carbonyl (C=O) groups excluding carboxylic acids is 1. The van der Waals surface area contributed by atoms with E-state index in [-0.39, 0.29) is 11.6 Å². The van der Waals surface area contributed by atoms with Crippen molar-refractivity contribution in [2.75, 3.05) is 0 Å². The van der Waals surface area contributed by atoms with Crippen molar-refractivity contribution < 1.29 is 14.7 Å². The number of amides is 1. The monoisotopic (exact) mass is 265 g/mol. The average Bonchev–Trinajstić information content (AvgIpc) is 2.83. The first kappa shape index (κ1) is 13.6. The number of hydrogen-bond acceptors (Lipinski definition) is 3. The summed E-state index contributed by atoms with van der Waals surface area (Å²) in [5.41, 5.74) is 0.254. The first-order valence-corrected chi connectivity index (χ1v) is 6.61. The van der Waals surface area contributed by atoms with E-state index in [1.807, 2.05) is 0 Å². The topological polar surface area (TPSA) is 84.2 Å². The molecule has 1 aromatic rings. The number of carboxylic acid groups (broad SMARTS) is 1. The van der Waals surface area contributed by atoms with Crippen LogP contribution in [0.25, 0.3) is 0 Å². The second-order valence-corrected chi connectivity index (χ2v) is 5.06. The van der Waals surface area contributed by atoms with Crippen molar-refractivity contribution >= 4 is 11.9 Å². The number of aromatic nitrogens is 2. The molecule has 0 saturated heterocycles. The summed E-state index contributed by atoms with van der Waals surface area (Å²) in [5, 5.41) is 15.9.